The van der Waals surface area contributed by atoms with Crippen LogP contribution in [-0.2, 0) is 0 Å². The zero-order chi connectivity index (χ0) is 16.1. The van der Waals surface area contributed by atoms with E-state index in [-0.39, 0.29) is 0 Å². The predicted molar refractivity (Wildman–Crippen MR) is 94.6 cm³/mol. The number of nitrogens with zero attached hydrogens (tertiary/aromatic N) is 3. The van der Waals surface area contributed by atoms with Crippen LogP contribution < -0.4 is 4.90 Å². The number of piperazine rings is 1. The van der Waals surface area contributed by atoms with Crippen LogP contribution in [0.5, 0.6) is 0 Å². The lowest BCUT2D eigenvalue weighted by atomic mass is 10.1. The van der Waals surface area contributed by atoms with Gasteiger partial charge in [-0.3, -0.25) is 4.90 Å². The molecule has 120 valence electrons. The molecule has 0 bridgehead atoms. The van der Waals surface area contributed by atoms with Gasteiger partial charge < -0.3 is 10.1 Å². The number of para-hydroxylation sites is 1. The molecule has 1 fully saturated rings. The molecule has 3 rings (SSSR count). The Kier molecular flexibility index (Phi) is 4.93. The second-order valence-electron chi connectivity index (χ2n) is 6.01. The van der Waals surface area contributed by atoms with Crippen molar-refractivity contribution in [1.29, 1.82) is 0 Å². The summed E-state index contributed by atoms with van der Waals surface area (Å²) >= 11 is 0. The molecule has 0 saturated carbocycles. The molecule has 0 aliphatic carbocycles. The lowest BCUT2D eigenvalue weighted by molar-refractivity contribution is 0.280. The van der Waals surface area contributed by atoms with E-state index in [4.69, 9.17) is 0 Å². The van der Waals surface area contributed by atoms with Gasteiger partial charge in [-0.1, -0.05) is 53.2 Å². The molecule has 0 atom stereocenters. The van der Waals surface area contributed by atoms with Gasteiger partial charge in [-0.2, -0.15) is 0 Å². The maximum absolute atomic E-state index is 9.36. The maximum atomic E-state index is 9.36. The van der Waals surface area contributed by atoms with Crippen LogP contribution in [0.1, 0.15) is 11.1 Å². The maximum Gasteiger partial charge on any atom is 0.101 e. The third-order valence-electron chi connectivity index (χ3n) is 4.37. The normalized spacial score (nSPS) is 16.6. The summed E-state index contributed by atoms with van der Waals surface area (Å²) in [5, 5.41) is 12.9. The average molecular weight is 309 g/mol. The zero-order valence-corrected chi connectivity index (χ0v) is 13.5. The molecular weight excluding hydrogens is 286 g/mol. The van der Waals surface area contributed by atoms with Crippen molar-refractivity contribution >= 4 is 11.4 Å². The number of oxime groups is 1. The van der Waals surface area contributed by atoms with Crippen LogP contribution in [0.2, 0.25) is 0 Å². The Balaban J connectivity index is 1.58. The van der Waals surface area contributed by atoms with E-state index in [0.717, 1.165) is 37.5 Å². The van der Waals surface area contributed by atoms with Crippen LogP contribution in [0.4, 0.5) is 5.69 Å². The first-order valence-corrected chi connectivity index (χ1v) is 8.06. The van der Waals surface area contributed by atoms with Gasteiger partial charge in [0.1, 0.15) is 5.71 Å². The van der Waals surface area contributed by atoms with E-state index in [1.165, 1.54) is 11.3 Å². The molecule has 2 aromatic rings. The third kappa shape index (κ3) is 3.90. The summed E-state index contributed by atoms with van der Waals surface area (Å²) < 4.78 is 0. The standard InChI is InChI=1S/C19H23N3O/c1-16-7-9-17(10-8-16)19(20-23)15-21-11-13-22(14-12-21)18-5-3-2-4-6-18/h2-10,23H,11-15H2,1H3. The molecule has 1 saturated heterocycles. The van der Waals surface area contributed by atoms with Crippen molar-refractivity contribution in [2.45, 2.75) is 6.92 Å². The van der Waals surface area contributed by atoms with Gasteiger partial charge in [-0.05, 0) is 19.1 Å². The summed E-state index contributed by atoms with van der Waals surface area (Å²) in [6.07, 6.45) is 0. The number of hydrogen-bond donors (Lipinski definition) is 1. The van der Waals surface area contributed by atoms with E-state index >= 15 is 0 Å². The first-order chi connectivity index (χ1) is 11.3. The fraction of sp³-hybridized carbons (Fsp3) is 0.316. The molecule has 0 unspecified atom stereocenters. The van der Waals surface area contributed by atoms with E-state index in [9.17, 15) is 5.21 Å². The second-order valence-corrected chi connectivity index (χ2v) is 6.01. The van der Waals surface area contributed by atoms with E-state index in [2.05, 4.69) is 46.1 Å². The van der Waals surface area contributed by atoms with Crippen LogP contribution in [0.25, 0.3) is 0 Å². The monoisotopic (exact) mass is 309 g/mol. The van der Waals surface area contributed by atoms with Gasteiger partial charge in [0.15, 0.2) is 0 Å². The summed E-state index contributed by atoms with van der Waals surface area (Å²) in [6.45, 7) is 6.68. The Labute approximate surface area is 137 Å². The molecule has 0 radical (unpaired) electrons. The van der Waals surface area contributed by atoms with Gasteiger partial charge in [0.25, 0.3) is 0 Å². The first kappa shape index (κ1) is 15.6. The predicted octanol–water partition coefficient (Wildman–Crippen LogP) is 3.00. The molecule has 1 aliphatic rings. The average Bonchev–Trinajstić information content (AvgIpc) is 2.62. The molecule has 0 spiro atoms. The molecular formula is C19H23N3O. The summed E-state index contributed by atoms with van der Waals surface area (Å²) in [5.74, 6) is 0. The third-order valence-corrected chi connectivity index (χ3v) is 4.37. The lowest BCUT2D eigenvalue weighted by Crippen LogP contribution is -2.48. The van der Waals surface area contributed by atoms with Crippen LogP contribution in [0.15, 0.2) is 59.8 Å². The Morgan fingerprint density at radius 1 is 0.957 bits per heavy atom. The Hall–Kier alpha value is -2.33. The van der Waals surface area contributed by atoms with Crippen molar-refractivity contribution in [1.82, 2.24) is 4.90 Å². The van der Waals surface area contributed by atoms with Crippen LogP contribution in [-0.4, -0.2) is 48.5 Å². The van der Waals surface area contributed by atoms with Crippen molar-refractivity contribution in [2.24, 2.45) is 5.16 Å². The second kappa shape index (κ2) is 7.29. The topological polar surface area (TPSA) is 39.1 Å². The molecule has 0 amide bonds. The Bertz CT molecular complexity index is 644. The number of benzene rings is 2. The van der Waals surface area contributed by atoms with Gasteiger partial charge in [0, 0.05) is 44.0 Å². The van der Waals surface area contributed by atoms with Crippen molar-refractivity contribution < 1.29 is 5.21 Å². The minimum atomic E-state index is 0.683. The van der Waals surface area contributed by atoms with E-state index in [0.29, 0.717) is 6.54 Å². The number of hydrogen-bond acceptors (Lipinski definition) is 4. The van der Waals surface area contributed by atoms with Crippen molar-refractivity contribution in [3.8, 4) is 0 Å². The Morgan fingerprint density at radius 3 is 2.22 bits per heavy atom. The van der Waals surface area contributed by atoms with Gasteiger partial charge >= 0.3 is 0 Å². The Morgan fingerprint density at radius 2 is 1.61 bits per heavy atom. The highest BCUT2D eigenvalue weighted by atomic mass is 16.4. The molecule has 1 heterocycles. The number of rotatable bonds is 4. The molecule has 1 aliphatic heterocycles. The van der Waals surface area contributed by atoms with E-state index in [1.54, 1.807) is 0 Å². The van der Waals surface area contributed by atoms with Crippen molar-refractivity contribution in [3.63, 3.8) is 0 Å². The molecule has 0 aromatic heterocycles. The molecule has 4 heteroatoms. The number of anilines is 1. The first-order valence-electron chi connectivity index (χ1n) is 8.06. The van der Waals surface area contributed by atoms with Gasteiger partial charge in [0.2, 0.25) is 0 Å². The fourth-order valence-corrected chi connectivity index (χ4v) is 2.94. The summed E-state index contributed by atoms with van der Waals surface area (Å²) in [7, 11) is 0. The molecule has 4 nitrogen and oxygen atoms in total. The smallest absolute Gasteiger partial charge is 0.101 e. The van der Waals surface area contributed by atoms with E-state index in [1.807, 2.05) is 30.3 Å². The van der Waals surface area contributed by atoms with Gasteiger partial charge in [-0.15, -0.1) is 0 Å². The van der Waals surface area contributed by atoms with Crippen LogP contribution >= 0.6 is 0 Å². The SMILES string of the molecule is Cc1ccc(C(CN2CCN(c3ccccc3)CC2)=NO)cc1. The van der Waals surface area contributed by atoms with Gasteiger partial charge in [-0.25, -0.2) is 0 Å². The lowest BCUT2D eigenvalue weighted by Gasteiger charge is -2.36. The summed E-state index contributed by atoms with van der Waals surface area (Å²) in [4.78, 5) is 4.74. The van der Waals surface area contributed by atoms with E-state index < -0.39 is 0 Å². The molecule has 1 N–H and O–H groups in total. The van der Waals surface area contributed by atoms with Crippen LogP contribution in [0, 0.1) is 6.92 Å². The van der Waals surface area contributed by atoms with Crippen LogP contribution in [0.3, 0.4) is 0 Å². The quantitative estimate of drug-likeness (QED) is 0.536. The highest BCUT2D eigenvalue weighted by molar-refractivity contribution is 6.01. The van der Waals surface area contributed by atoms with Crippen molar-refractivity contribution in [3.05, 3.63) is 65.7 Å². The summed E-state index contributed by atoms with van der Waals surface area (Å²) in [5.41, 5.74) is 4.21. The molecule has 23 heavy (non-hydrogen) atoms. The molecule has 2 aromatic carbocycles. The van der Waals surface area contributed by atoms with Crippen molar-refractivity contribution in [2.75, 3.05) is 37.6 Å². The minimum Gasteiger partial charge on any atom is -0.411 e. The number of aryl methyl sites for hydroxylation is 1. The highest BCUT2D eigenvalue weighted by Gasteiger charge is 2.19. The largest absolute Gasteiger partial charge is 0.411 e. The zero-order valence-electron chi connectivity index (χ0n) is 13.5. The fourth-order valence-electron chi connectivity index (χ4n) is 2.94. The van der Waals surface area contributed by atoms with Gasteiger partial charge in [0.05, 0.1) is 0 Å². The minimum absolute atomic E-state index is 0.683. The summed E-state index contributed by atoms with van der Waals surface area (Å²) in [6, 6.07) is 18.7. The highest BCUT2D eigenvalue weighted by Crippen LogP contribution is 2.16.